The van der Waals surface area contributed by atoms with Gasteiger partial charge in [-0.3, -0.25) is 4.55 Å². The van der Waals surface area contributed by atoms with Crippen LogP contribution in [0.1, 0.15) is 19.3 Å². The third-order valence-electron chi connectivity index (χ3n) is 1.04. The van der Waals surface area contributed by atoms with Crippen molar-refractivity contribution in [2.24, 2.45) is 0 Å². The van der Waals surface area contributed by atoms with E-state index in [1.54, 1.807) is 0 Å². The zero-order chi connectivity index (χ0) is 8.04. The Bertz CT molecular complexity index is 169. The van der Waals surface area contributed by atoms with Crippen LogP contribution >= 0.6 is 15.9 Å². The van der Waals surface area contributed by atoms with Crippen LogP contribution in [-0.2, 0) is 10.1 Å². The Morgan fingerprint density at radius 2 is 1.73 bits per heavy atom. The number of alkyl halides is 1. The molecule has 0 aromatic rings. The summed E-state index contributed by atoms with van der Waals surface area (Å²) < 4.78 is 28.6. The van der Waals surface area contributed by atoms with Gasteiger partial charge in [0.1, 0.15) is 0 Å². The largest absolute Gasteiger partial charge is 0.286 e. The Morgan fingerprint density at radius 3 is 2.09 bits per heavy atom. The maximum absolute atomic E-state index is 10.1. The van der Waals surface area contributed by atoms with Gasteiger partial charge in [0.25, 0.3) is 10.1 Å². The second-order valence-corrected chi connectivity index (χ2v) is 4.40. The van der Waals surface area contributed by atoms with E-state index in [2.05, 4.69) is 15.9 Å². The van der Waals surface area contributed by atoms with Gasteiger partial charge in [-0.1, -0.05) is 22.4 Å². The van der Waals surface area contributed by atoms with Crippen molar-refractivity contribution in [3.05, 3.63) is 0 Å². The van der Waals surface area contributed by atoms with Crippen LogP contribution in [0.2, 0.25) is 0 Å². The molecule has 6 heteroatoms. The minimum Gasteiger partial charge on any atom is -0.286 e. The topological polar surface area (TPSA) is 54.4 Å². The minimum atomic E-state index is -3.72. The molecule has 0 aromatic heterocycles. The first-order valence-corrected chi connectivity index (χ1v) is 5.80. The fraction of sp³-hybridized carbons (Fsp3) is 1.00. The molecule has 0 bridgehead atoms. The zero-order valence-electron chi connectivity index (χ0n) is 6.59. The maximum atomic E-state index is 10.1. The number of hydrogen-bond donors (Lipinski definition) is 1. The fourth-order valence-electron chi connectivity index (χ4n) is 0.556. The van der Waals surface area contributed by atoms with Crippen LogP contribution in [-0.4, -0.2) is 53.6 Å². The summed E-state index contributed by atoms with van der Waals surface area (Å²) >= 11 is 3.22. The van der Waals surface area contributed by atoms with E-state index in [9.17, 15) is 8.42 Å². The Morgan fingerprint density at radius 1 is 1.18 bits per heavy atom. The zero-order valence-corrected chi connectivity index (χ0v) is 11.0. The third-order valence-corrected chi connectivity index (χ3v) is 2.40. The Kier molecular flexibility index (Phi) is 10.8. The molecule has 0 rings (SSSR count). The fourth-order valence-corrected chi connectivity index (χ4v) is 1.52. The smallest absolute Gasteiger partial charge is 0.264 e. The molecule has 0 aliphatic heterocycles. The molecular weight excluding hydrogens is 243 g/mol. The predicted octanol–water partition coefficient (Wildman–Crippen LogP) is 1.06. The van der Waals surface area contributed by atoms with Crippen molar-refractivity contribution in [1.82, 2.24) is 0 Å². The summed E-state index contributed by atoms with van der Waals surface area (Å²) in [6, 6.07) is 0. The molecule has 1 radical (unpaired) electrons. The van der Waals surface area contributed by atoms with Crippen molar-refractivity contribution in [3.8, 4) is 0 Å². The molecule has 0 saturated heterocycles. The molecule has 11 heavy (non-hydrogen) atoms. The molecule has 0 aliphatic carbocycles. The second-order valence-electron chi connectivity index (χ2n) is 2.04. The summed E-state index contributed by atoms with van der Waals surface area (Å²) in [5.74, 6) is -0.111. The standard InChI is InChI=1S/C5H11BrO3S.Na/c6-4-2-1-3-5-10(7,8)9;/h1-5H2,(H,7,8,9);. The maximum Gasteiger partial charge on any atom is 0.264 e. The third kappa shape index (κ3) is 14.3. The van der Waals surface area contributed by atoms with E-state index < -0.39 is 10.1 Å². The van der Waals surface area contributed by atoms with Gasteiger partial charge in [0.05, 0.1) is 5.75 Å². The number of halogens is 1. The minimum absolute atomic E-state index is 0. The first kappa shape index (κ1) is 14.9. The molecule has 1 N–H and O–H groups in total. The molecule has 0 aliphatic rings. The molecule has 0 heterocycles. The normalized spacial score (nSPS) is 10.7. The van der Waals surface area contributed by atoms with Crippen molar-refractivity contribution in [2.75, 3.05) is 11.1 Å². The van der Waals surface area contributed by atoms with Gasteiger partial charge in [-0.15, -0.1) is 0 Å². The van der Waals surface area contributed by atoms with E-state index in [4.69, 9.17) is 4.55 Å². The van der Waals surface area contributed by atoms with E-state index in [-0.39, 0.29) is 35.3 Å². The average molecular weight is 254 g/mol. The molecule has 0 aromatic carbocycles. The van der Waals surface area contributed by atoms with Crippen LogP contribution in [0, 0.1) is 0 Å². The summed E-state index contributed by atoms with van der Waals surface area (Å²) in [6.07, 6.45) is 2.34. The van der Waals surface area contributed by atoms with E-state index in [0.717, 1.165) is 18.2 Å². The van der Waals surface area contributed by atoms with Gasteiger partial charge in [-0.2, -0.15) is 8.42 Å². The Balaban J connectivity index is 0. The van der Waals surface area contributed by atoms with Crippen LogP contribution in [0.5, 0.6) is 0 Å². The van der Waals surface area contributed by atoms with Crippen LogP contribution in [0.3, 0.4) is 0 Å². The van der Waals surface area contributed by atoms with Gasteiger partial charge >= 0.3 is 0 Å². The predicted molar refractivity (Wildman–Crippen MR) is 49.8 cm³/mol. The first-order valence-electron chi connectivity index (χ1n) is 3.07. The van der Waals surface area contributed by atoms with E-state index >= 15 is 0 Å². The Labute approximate surface area is 98.1 Å². The summed E-state index contributed by atoms with van der Waals surface area (Å²) in [5, 5.41) is 0.887. The van der Waals surface area contributed by atoms with Crippen molar-refractivity contribution < 1.29 is 13.0 Å². The molecule has 0 saturated carbocycles. The van der Waals surface area contributed by atoms with Gasteiger partial charge in [-0.05, 0) is 12.8 Å². The van der Waals surface area contributed by atoms with Gasteiger partial charge < -0.3 is 0 Å². The van der Waals surface area contributed by atoms with Crippen molar-refractivity contribution in [1.29, 1.82) is 0 Å². The first-order chi connectivity index (χ1) is 4.56. The van der Waals surface area contributed by atoms with E-state index in [1.165, 1.54) is 0 Å². The van der Waals surface area contributed by atoms with E-state index in [1.807, 2.05) is 0 Å². The SMILES string of the molecule is O=S(=O)(O)CCCCCBr.[Na]. The molecule has 3 nitrogen and oxygen atoms in total. The van der Waals surface area contributed by atoms with Gasteiger partial charge in [-0.25, -0.2) is 0 Å². The second kappa shape index (κ2) is 8.01. The summed E-state index contributed by atoms with van der Waals surface area (Å²) in [4.78, 5) is 0. The summed E-state index contributed by atoms with van der Waals surface area (Å²) in [7, 11) is -3.72. The van der Waals surface area contributed by atoms with Crippen LogP contribution < -0.4 is 0 Å². The molecular formula is C5H11BrNaO3S. The molecule has 0 fully saturated rings. The van der Waals surface area contributed by atoms with Gasteiger partial charge in [0, 0.05) is 34.9 Å². The quantitative estimate of drug-likeness (QED) is 0.345. The van der Waals surface area contributed by atoms with Crippen molar-refractivity contribution in [3.63, 3.8) is 0 Å². The number of hydrogen-bond acceptors (Lipinski definition) is 2. The number of unbranched alkanes of at least 4 members (excludes halogenated alkanes) is 2. The van der Waals surface area contributed by atoms with Crippen molar-refractivity contribution >= 4 is 55.6 Å². The summed E-state index contributed by atoms with van der Waals surface area (Å²) in [6.45, 7) is 0. The molecule has 0 amide bonds. The molecule has 0 spiro atoms. The van der Waals surface area contributed by atoms with Crippen LogP contribution in [0.4, 0.5) is 0 Å². The van der Waals surface area contributed by atoms with Crippen LogP contribution in [0.15, 0.2) is 0 Å². The van der Waals surface area contributed by atoms with Crippen LogP contribution in [0.25, 0.3) is 0 Å². The average Bonchev–Trinajstić information content (AvgIpc) is 1.78. The monoisotopic (exact) mass is 253 g/mol. The molecule has 0 unspecified atom stereocenters. The number of rotatable bonds is 5. The van der Waals surface area contributed by atoms with Gasteiger partial charge in [0.2, 0.25) is 0 Å². The molecule has 0 atom stereocenters. The molecule has 63 valence electrons. The van der Waals surface area contributed by atoms with E-state index in [0.29, 0.717) is 6.42 Å². The summed E-state index contributed by atoms with van der Waals surface area (Å²) in [5.41, 5.74) is 0. The Hall–Kier alpha value is 1.39. The van der Waals surface area contributed by atoms with Crippen molar-refractivity contribution in [2.45, 2.75) is 19.3 Å². The van der Waals surface area contributed by atoms with Gasteiger partial charge in [0.15, 0.2) is 0 Å².